The third-order valence-electron chi connectivity index (χ3n) is 1.49. The second-order valence-electron chi connectivity index (χ2n) is 2.64. The molecule has 4 heteroatoms. The Kier molecular flexibility index (Phi) is 7.50. The fourth-order valence-corrected chi connectivity index (χ4v) is 1.17. The van der Waals surface area contributed by atoms with Crippen LogP contribution in [0.5, 0.6) is 0 Å². The van der Waals surface area contributed by atoms with E-state index in [9.17, 15) is 4.79 Å². The number of methoxy groups -OCH3 is 1. The molecule has 0 aromatic rings. The minimum Gasteiger partial charge on any atom is -0.383 e. The molecule has 0 saturated heterocycles. The molecule has 1 amide bonds. The number of nitrogens with one attached hydrogen (secondary N) is 1. The molecule has 12 heavy (non-hydrogen) atoms. The molecule has 0 spiro atoms. The van der Waals surface area contributed by atoms with Crippen LogP contribution in [-0.2, 0) is 9.53 Å². The lowest BCUT2D eigenvalue weighted by Gasteiger charge is -2.15. The van der Waals surface area contributed by atoms with Gasteiger partial charge in [0.25, 0.3) is 0 Å². The van der Waals surface area contributed by atoms with Gasteiger partial charge in [0.15, 0.2) is 0 Å². The van der Waals surface area contributed by atoms with Crippen molar-refractivity contribution >= 4 is 21.8 Å². The van der Waals surface area contributed by atoms with E-state index in [-0.39, 0.29) is 11.9 Å². The van der Waals surface area contributed by atoms with Crippen molar-refractivity contribution < 1.29 is 9.53 Å². The lowest BCUT2D eigenvalue weighted by Crippen LogP contribution is -2.38. The Labute approximate surface area is 82.0 Å². The molecule has 0 bridgehead atoms. The third-order valence-corrected chi connectivity index (χ3v) is 2.00. The summed E-state index contributed by atoms with van der Waals surface area (Å²) in [5.74, 6) is 0.0190. The summed E-state index contributed by atoms with van der Waals surface area (Å²) in [6, 6.07) is 0.157. The average Bonchev–Trinajstić information content (AvgIpc) is 2.05. The number of carbonyl (C=O) groups excluding carboxylic acids is 1. The Morgan fingerprint density at radius 2 is 2.33 bits per heavy atom. The zero-order valence-electron chi connectivity index (χ0n) is 7.60. The van der Waals surface area contributed by atoms with Crippen LogP contribution in [0.2, 0.25) is 0 Å². The van der Waals surface area contributed by atoms with Gasteiger partial charge in [-0.25, -0.2) is 0 Å². The Bertz CT molecular complexity index is 124. The molecule has 0 aliphatic carbocycles. The minimum absolute atomic E-state index is 0.0190. The van der Waals surface area contributed by atoms with E-state index in [0.717, 1.165) is 12.8 Å². The predicted octanol–water partition coefficient (Wildman–Crippen LogP) is 1.31. The highest BCUT2D eigenvalue weighted by molar-refractivity contribution is 9.09. The van der Waals surface area contributed by atoms with E-state index < -0.39 is 0 Å². The summed E-state index contributed by atoms with van der Waals surface area (Å²) >= 11 is 3.09. The van der Waals surface area contributed by atoms with Gasteiger partial charge in [0.1, 0.15) is 0 Å². The van der Waals surface area contributed by atoms with Crippen LogP contribution in [0.25, 0.3) is 0 Å². The molecule has 0 saturated carbocycles. The van der Waals surface area contributed by atoms with Crippen LogP contribution < -0.4 is 5.32 Å². The van der Waals surface area contributed by atoms with Crippen LogP contribution in [0, 0.1) is 0 Å². The summed E-state index contributed by atoms with van der Waals surface area (Å²) in [6.07, 6.45) is 2.02. The summed E-state index contributed by atoms with van der Waals surface area (Å²) in [5, 5.41) is 3.22. The molecular formula is C8H16BrNO2. The zero-order valence-corrected chi connectivity index (χ0v) is 9.19. The molecule has 1 atom stereocenters. The first kappa shape index (κ1) is 11.9. The molecule has 0 rings (SSSR count). The van der Waals surface area contributed by atoms with Crippen LogP contribution >= 0.6 is 15.9 Å². The predicted molar refractivity (Wildman–Crippen MR) is 52.5 cm³/mol. The number of alkyl halides is 1. The molecule has 3 nitrogen and oxygen atoms in total. The molecule has 0 radical (unpaired) electrons. The van der Waals surface area contributed by atoms with E-state index in [1.807, 2.05) is 0 Å². The smallest absolute Gasteiger partial charge is 0.230 e. The van der Waals surface area contributed by atoms with Crippen LogP contribution in [0.1, 0.15) is 19.8 Å². The molecular weight excluding hydrogens is 222 g/mol. The minimum atomic E-state index is 0.0190. The van der Waals surface area contributed by atoms with Crippen molar-refractivity contribution in [2.45, 2.75) is 25.8 Å². The maximum Gasteiger partial charge on any atom is 0.230 e. The summed E-state index contributed by atoms with van der Waals surface area (Å²) < 4.78 is 4.97. The molecule has 1 N–H and O–H groups in total. The number of ether oxygens (including phenoxy) is 1. The first-order valence-electron chi connectivity index (χ1n) is 4.08. The van der Waals surface area contributed by atoms with E-state index >= 15 is 0 Å². The van der Waals surface area contributed by atoms with Crippen LogP contribution in [0.3, 0.4) is 0 Å². The Morgan fingerprint density at radius 3 is 2.75 bits per heavy atom. The Hall–Kier alpha value is -0.0900. The normalized spacial score (nSPS) is 12.6. The topological polar surface area (TPSA) is 38.3 Å². The first-order valence-corrected chi connectivity index (χ1v) is 5.21. The molecule has 0 aromatic heterocycles. The molecule has 0 heterocycles. The second kappa shape index (κ2) is 7.55. The van der Waals surface area contributed by atoms with E-state index in [2.05, 4.69) is 28.2 Å². The second-order valence-corrected chi connectivity index (χ2v) is 3.20. The number of hydrogen-bond acceptors (Lipinski definition) is 2. The first-order chi connectivity index (χ1) is 5.74. The molecule has 72 valence electrons. The summed E-state index contributed by atoms with van der Waals surface area (Å²) in [6.45, 7) is 2.68. The summed E-state index contributed by atoms with van der Waals surface area (Å²) in [7, 11) is 1.64. The number of halogens is 1. The van der Waals surface area contributed by atoms with Crippen molar-refractivity contribution in [1.82, 2.24) is 5.32 Å². The number of amides is 1. The van der Waals surface area contributed by atoms with Gasteiger partial charge < -0.3 is 10.1 Å². The van der Waals surface area contributed by atoms with E-state index in [0.29, 0.717) is 11.9 Å². The molecule has 0 fully saturated rings. The van der Waals surface area contributed by atoms with Gasteiger partial charge in [-0.15, -0.1) is 0 Å². The highest BCUT2D eigenvalue weighted by atomic mass is 79.9. The number of hydrogen-bond donors (Lipinski definition) is 1. The van der Waals surface area contributed by atoms with Crippen molar-refractivity contribution in [3.05, 3.63) is 0 Å². The summed E-state index contributed by atoms with van der Waals surface area (Å²) in [4.78, 5) is 11.0. The fraction of sp³-hybridized carbons (Fsp3) is 0.875. The van der Waals surface area contributed by atoms with Crippen molar-refractivity contribution in [2.24, 2.45) is 0 Å². The van der Waals surface area contributed by atoms with Gasteiger partial charge in [-0.05, 0) is 6.42 Å². The average molecular weight is 238 g/mol. The quantitative estimate of drug-likeness (QED) is 0.708. The maximum atomic E-state index is 11.0. The van der Waals surface area contributed by atoms with Gasteiger partial charge >= 0.3 is 0 Å². The molecule has 0 aliphatic heterocycles. The number of carbonyl (C=O) groups is 1. The largest absolute Gasteiger partial charge is 0.383 e. The van der Waals surface area contributed by atoms with Crippen LogP contribution in [0.15, 0.2) is 0 Å². The van der Waals surface area contributed by atoms with Crippen LogP contribution in [-0.4, -0.2) is 31.0 Å². The van der Waals surface area contributed by atoms with E-state index in [1.165, 1.54) is 0 Å². The van der Waals surface area contributed by atoms with Gasteiger partial charge in [0.2, 0.25) is 5.91 Å². The van der Waals surface area contributed by atoms with Gasteiger partial charge in [0, 0.05) is 7.11 Å². The Balaban J connectivity index is 3.68. The number of rotatable bonds is 6. The lowest BCUT2D eigenvalue weighted by molar-refractivity contribution is -0.119. The molecule has 0 aromatic carbocycles. The highest BCUT2D eigenvalue weighted by Gasteiger charge is 2.09. The lowest BCUT2D eigenvalue weighted by atomic mass is 10.2. The van der Waals surface area contributed by atoms with Crippen molar-refractivity contribution in [2.75, 3.05) is 19.0 Å². The van der Waals surface area contributed by atoms with E-state index in [4.69, 9.17) is 4.74 Å². The van der Waals surface area contributed by atoms with Gasteiger partial charge in [-0.3, -0.25) is 4.79 Å². The van der Waals surface area contributed by atoms with Crippen molar-refractivity contribution in [3.8, 4) is 0 Å². The van der Waals surface area contributed by atoms with Crippen molar-refractivity contribution in [1.29, 1.82) is 0 Å². The van der Waals surface area contributed by atoms with Gasteiger partial charge in [-0.2, -0.15) is 0 Å². The molecule has 0 aliphatic rings. The SMILES string of the molecule is CCCC(COC)NC(=O)CBr. The fourth-order valence-electron chi connectivity index (χ4n) is 1.01. The van der Waals surface area contributed by atoms with Crippen molar-refractivity contribution in [3.63, 3.8) is 0 Å². The van der Waals surface area contributed by atoms with E-state index in [1.54, 1.807) is 7.11 Å². The van der Waals surface area contributed by atoms with Gasteiger partial charge in [-0.1, -0.05) is 29.3 Å². The summed E-state index contributed by atoms with van der Waals surface area (Å²) in [5.41, 5.74) is 0. The standard InChI is InChI=1S/C8H16BrNO2/c1-3-4-7(6-12-2)10-8(11)5-9/h7H,3-6H2,1-2H3,(H,10,11). The Morgan fingerprint density at radius 1 is 1.67 bits per heavy atom. The monoisotopic (exact) mass is 237 g/mol. The molecule has 1 unspecified atom stereocenters. The third kappa shape index (κ3) is 5.55. The zero-order chi connectivity index (χ0) is 9.40. The van der Waals surface area contributed by atoms with Crippen LogP contribution in [0.4, 0.5) is 0 Å². The highest BCUT2D eigenvalue weighted by Crippen LogP contribution is 1.97. The maximum absolute atomic E-state index is 11.0. The van der Waals surface area contributed by atoms with Gasteiger partial charge in [0.05, 0.1) is 18.0 Å².